The molecule has 1 aromatic rings. The highest BCUT2D eigenvalue weighted by molar-refractivity contribution is 7.11. The van der Waals surface area contributed by atoms with Crippen molar-refractivity contribution < 1.29 is 5.11 Å². The second-order valence-electron chi connectivity index (χ2n) is 7.50. The molecule has 20 heavy (non-hydrogen) atoms. The summed E-state index contributed by atoms with van der Waals surface area (Å²) < 4.78 is 0. The topological polar surface area (TPSA) is 36.4 Å². The van der Waals surface area contributed by atoms with Crippen molar-refractivity contribution in [3.63, 3.8) is 0 Å². The minimum absolute atomic E-state index is 0.195. The van der Waals surface area contributed by atoms with Crippen LogP contribution in [0, 0.1) is 11.3 Å². The molecule has 3 nitrogen and oxygen atoms in total. The minimum atomic E-state index is -0.195. The predicted octanol–water partition coefficient (Wildman–Crippen LogP) is 3.25. The summed E-state index contributed by atoms with van der Waals surface area (Å²) in [5, 5.41) is 11.7. The molecule has 112 valence electrons. The van der Waals surface area contributed by atoms with Crippen LogP contribution in [0.1, 0.15) is 55.8 Å². The molecule has 4 heteroatoms. The van der Waals surface area contributed by atoms with Crippen LogP contribution < -0.4 is 0 Å². The van der Waals surface area contributed by atoms with Crippen LogP contribution in [0.25, 0.3) is 0 Å². The average molecular weight is 294 g/mol. The number of β-amino-alcohol motifs (C(OH)–C–C–N with tert-alkyl or cyclic N) is 1. The van der Waals surface area contributed by atoms with E-state index < -0.39 is 0 Å². The Morgan fingerprint density at radius 3 is 2.70 bits per heavy atom. The molecule has 1 aliphatic heterocycles. The summed E-state index contributed by atoms with van der Waals surface area (Å²) in [5.41, 5.74) is 0.204. The largest absolute Gasteiger partial charge is 0.391 e. The lowest BCUT2D eigenvalue weighted by atomic mass is 9.74. The van der Waals surface area contributed by atoms with E-state index in [0.29, 0.717) is 5.92 Å². The van der Waals surface area contributed by atoms with Crippen LogP contribution in [0.2, 0.25) is 0 Å². The first-order valence-electron chi connectivity index (χ1n) is 7.78. The number of piperidine rings is 1. The lowest BCUT2D eigenvalue weighted by Gasteiger charge is -2.42. The molecular formula is C16H26N2OS. The summed E-state index contributed by atoms with van der Waals surface area (Å²) in [6.45, 7) is 9.57. The van der Waals surface area contributed by atoms with Gasteiger partial charge < -0.3 is 5.11 Å². The summed E-state index contributed by atoms with van der Waals surface area (Å²) in [6, 6.07) is 0. The lowest BCUT2D eigenvalue weighted by Crippen LogP contribution is -2.47. The van der Waals surface area contributed by atoms with Gasteiger partial charge >= 0.3 is 0 Å². The van der Waals surface area contributed by atoms with Crippen molar-refractivity contribution in [1.82, 2.24) is 9.88 Å². The molecule has 2 fully saturated rings. The fraction of sp³-hybridized carbons (Fsp3) is 0.812. The van der Waals surface area contributed by atoms with Crippen LogP contribution in [0.15, 0.2) is 6.20 Å². The zero-order chi connectivity index (χ0) is 14.3. The van der Waals surface area contributed by atoms with Crippen molar-refractivity contribution in [2.24, 2.45) is 11.3 Å². The third-order valence-corrected chi connectivity index (χ3v) is 5.80. The summed E-state index contributed by atoms with van der Waals surface area (Å²) in [7, 11) is 0. The van der Waals surface area contributed by atoms with E-state index in [2.05, 4.69) is 30.7 Å². The van der Waals surface area contributed by atoms with Gasteiger partial charge in [-0.15, -0.1) is 11.3 Å². The molecule has 1 N–H and O–H groups in total. The summed E-state index contributed by atoms with van der Waals surface area (Å²) >= 11 is 1.87. The van der Waals surface area contributed by atoms with Crippen molar-refractivity contribution in [1.29, 1.82) is 0 Å². The van der Waals surface area contributed by atoms with Crippen molar-refractivity contribution in [3.05, 3.63) is 16.1 Å². The molecule has 0 aromatic carbocycles. The second-order valence-corrected chi connectivity index (χ2v) is 8.65. The fourth-order valence-corrected chi connectivity index (χ4v) is 4.41. The van der Waals surface area contributed by atoms with Crippen molar-refractivity contribution in [2.75, 3.05) is 13.1 Å². The number of likely N-dealkylation sites (tertiary alicyclic amines) is 1. The number of hydrogen-bond acceptors (Lipinski definition) is 4. The monoisotopic (exact) mass is 294 g/mol. The Bertz CT molecular complexity index is 461. The van der Waals surface area contributed by atoms with Gasteiger partial charge in [0.15, 0.2) is 0 Å². The van der Waals surface area contributed by atoms with E-state index in [-0.39, 0.29) is 11.5 Å². The number of aliphatic hydroxyl groups is 1. The molecule has 2 heterocycles. The first-order valence-corrected chi connectivity index (χ1v) is 8.60. The van der Waals surface area contributed by atoms with E-state index in [1.54, 1.807) is 0 Å². The van der Waals surface area contributed by atoms with E-state index in [4.69, 9.17) is 0 Å². The van der Waals surface area contributed by atoms with Gasteiger partial charge in [-0.2, -0.15) is 0 Å². The maximum atomic E-state index is 10.4. The number of hydrogen-bond donors (Lipinski definition) is 1. The first-order chi connectivity index (χ1) is 9.43. The molecule has 3 rings (SSSR count). The standard InChI is InChI=1S/C16H26N2OS/c1-16(2,3)13-6-7-18(10-14(13)19)9-12-8-17-15(20-12)11-4-5-11/h8,11,13-14,19H,4-7,9-10H2,1-3H3/t13-,14-/m0/s1. The van der Waals surface area contributed by atoms with Gasteiger partial charge in [-0.1, -0.05) is 20.8 Å². The Kier molecular flexibility index (Phi) is 3.91. The van der Waals surface area contributed by atoms with Gasteiger partial charge in [0.05, 0.1) is 11.1 Å². The Hall–Kier alpha value is -0.450. The molecule has 0 bridgehead atoms. The molecule has 0 amide bonds. The van der Waals surface area contributed by atoms with Gasteiger partial charge in [0.2, 0.25) is 0 Å². The Balaban J connectivity index is 1.56. The van der Waals surface area contributed by atoms with Gasteiger partial charge in [0.1, 0.15) is 0 Å². The van der Waals surface area contributed by atoms with Crippen LogP contribution in [0.4, 0.5) is 0 Å². The molecule has 0 spiro atoms. The van der Waals surface area contributed by atoms with Gasteiger partial charge in [-0.25, -0.2) is 4.98 Å². The molecule has 2 atom stereocenters. The van der Waals surface area contributed by atoms with Crippen molar-refractivity contribution in [3.8, 4) is 0 Å². The van der Waals surface area contributed by atoms with Crippen LogP contribution in [-0.2, 0) is 6.54 Å². The first kappa shape index (κ1) is 14.5. The number of thiazole rings is 1. The Morgan fingerprint density at radius 2 is 2.10 bits per heavy atom. The molecule has 2 aliphatic rings. The maximum Gasteiger partial charge on any atom is 0.0959 e. The second kappa shape index (κ2) is 5.39. The smallest absolute Gasteiger partial charge is 0.0959 e. The summed E-state index contributed by atoms with van der Waals surface area (Å²) in [6.07, 6.45) is 5.59. The van der Waals surface area contributed by atoms with Gasteiger partial charge in [-0.3, -0.25) is 4.90 Å². The highest BCUT2D eigenvalue weighted by Crippen LogP contribution is 2.42. The van der Waals surface area contributed by atoms with Gasteiger partial charge in [0, 0.05) is 30.1 Å². The Morgan fingerprint density at radius 1 is 1.35 bits per heavy atom. The van der Waals surface area contributed by atoms with E-state index in [9.17, 15) is 5.11 Å². The van der Waals surface area contributed by atoms with Gasteiger partial charge in [0.25, 0.3) is 0 Å². The number of aromatic nitrogens is 1. The fourth-order valence-electron chi connectivity index (χ4n) is 3.29. The number of aliphatic hydroxyl groups excluding tert-OH is 1. The Labute approximate surface area is 126 Å². The zero-order valence-corrected chi connectivity index (χ0v) is 13.6. The zero-order valence-electron chi connectivity index (χ0n) is 12.8. The molecule has 1 aromatic heterocycles. The summed E-state index contributed by atoms with van der Waals surface area (Å²) in [4.78, 5) is 8.29. The van der Waals surface area contributed by atoms with Crippen LogP contribution in [0.3, 0.4) is 0 Å². The maximum absolute atomic E-state index is 10.4. The van der Waals surface area contributed by atoms with E-state index in [1.807, 2.05) is 17.5 Å². The SMILES string of the molecule is CC(C)(C)[C@H]1CCN(Cc2cnc(C3CC3)s2)C[C@@H]1O. The normalized spacial score (nSPS) is 28.8. The van der Waals surface area contributed by atoms with Crippen LogP contribution in [0.5, 0.6) is 0 Å². The van der Waals surface area contributed by atoms with Crippen LogP contribution >= 0.6 is 11.3 Å². The molecular weight excluding hydrogens is 268 g/mol. The number of nitrogens with zero attached hydrogens (tertiary/aromatic N) is 2. The molecule has 0 unspecified atom stereocenters. The summed E-state index contributed by atoms with van der Waals surface area (Å²) in [5.74, 6) is 1.17. The van der Waals surface area contributed by atoms with E-state index >= 15 is 0 Å². The van der Waals surface area contributed by atoms with E-state index in [1.165, 1.54) is 22.7 Å². The molecule has 1 saturated heterocycles. The van der Waals surface area contributed by atoms with E-state index in [0.717, 1.165) is 32.0 Å². The average Bonchev–Trinajstić information content (AvgIpc) is 3.09. The predicted molar refractivity (Wildman–Crippen MR) is 82.9 cm³/mol. The van der Waals surface area contributed by atoms with Crippen molar-refractivity contribution in [2.45, 2.75) is 58.6 Å². The number of rotatable bonds is 3. The highest BCUT2D eigenvalue weighted by Gasteiger charge is 2.35. The van der Waals surface area contributed by atoms with Crippen molar-refractivity contribution >= 4 is 11.3 Å². The third-order valence-electron chi connectivity index (χ3n) is 4.66. The molecule has 0 radical (unpaired) electrons. The van der Waals surface area contributed by atoms with Crippen LogP contribution in [-0.4, -0.2) is 34.2 Å². The minimum Gasteiger partial charge on any atom is -0.391 e. The molecule has 1 saturated carbocycles. The lowest BCUT2D eigenvalue weighted by molar-refractivity contribution is -0.0262. The highest BCUT2D eigenvalue weighted by atomic mass is 32.1. The molecule has 1 aliphatic carbocycles. The van der Waals surface area contributed by atoms with Gasteiger partial charge in [-0.05, 0) is 37.1 Å². The quantitative estimate of drug-likeness (QED) is 0.929. The third kappa shape index (κ3) is 3.23.